The second-order valence-corrected chi connectivity index (χ2v) is 11.0. The Kier molecular flexibility index (Phi) is 10.3. The third-order valence-electron chi connectivity index (χ3n) is 6.74. The number of carbonyl (C=O) groups excluding carboxylic acids is 1. The number of ether oxygens (including phenoxy) is 2. The summed E-state index contributed by atoms with van der Waals surface area (Å²) in [5, 5.41) is 11.1. The second-order valence-electron chi connectivity index (χ2n) is 9.98. The lowest BCUT2D eigenvalue weighted by atomic mass is 10.0. The Labute approximate surface area is 256 Å². The summed E-state index contributed by atoms with van der Waals surface area (Å²) in [4.78, 5) is 25.7. The molecule has 3 heterocycles. The lowest BCUT2D eigenvalue weighted by Gasteiger charge is -2.19. The van der Waals surface area contributed by atoms with Crippen LogP contribution in [0.15, 0.2) is 54.9 Å². The Morgan fingerprint density at radius 1 is 1.09 bits per heavy atom. The van der Waals surface area contributed by atoms with E-state index >= 15 is 0 Å². The SMILES string of the molecule is C[C@@H](Oc1cc(-n2cnc3ccc(O[C@H]4CCCNCC4)cc32)sc1C(N)=O)c1ccccc1C(F)(F)F.O=C(O)C(F)(F)F. The van der Waals surface area contributed by atoms with E-state index < -0.39 is 35.9 Å². The van der Waals surface area contributed by atoms with Gasteiger partial charge in [0.05, 0.1) is 22.7 Å². The smallest absolute Gasteiger partial charge is 0.490 e. The van der Waals surface area contributed by atoms with Gasteiger partial charge in [0, 0.05) is 17.7 Å². The van der Waals surface area contributed by atoms with Crippen molar-refractivity contribution in [1.82, 2.24) is 14.9 Å². The molecule has 2 aromatic heterocycles. The molecular formula is C29H28F6N4O5S. The zero-order valence-corrected chi connectivity index (χ0v) is 24.4. The number of imidazole rings is 1. The van der Waals surface area contributed by atoms with Crippen molar-refractivity contribution in [2.75, 3.05) is 13.1 Å². The molecule has 2 atom stereocenters. The average molecular weight is 659 g/mol. The highest BCUT2D eigenvalue weighted by Gasteiger charge is 2.38. The summed E-state index contributed by atoms with van der Waals surface area (Å²) < 4.78 is 86.3. The summed E-state index contributed by atoms with van der Waals surface area (Å²) in [5.41, 5.74) is 6.27. The van der Waals surface area contributed by atoms with Crippen LogP contribution in [-0.4, -0.2) is 51.9 Å². The Morgan fingerprint density at radius 2 is 1.80 bits per heavy atom. The van der Waals surface area contributed by atoms with Gasteiger partial charge in [-0.15, -0.1) is 11.3 Å². The number of halogens is 6. The molecule has 1 amide bonds. The summed E-state index contributed by atoms with van der Waals surface area (Å²) >= 11 is 1.08. The molecule has 0 radical (unpaired) electrons. The van der Waals surface area contributed by atoms with Gasteiger partial charge in [0.2, 0.25) is 0 Å². The van der Waals surface area contributed by atoms with Gasteiger partial charge in [0.15, 0.2) is 0 Å². The molecule has 0 spiro atoms. The minimum absolute atomic E-state index is 0.0354. The maximum absolute atomic E-state index is 13.5. The van der Waals surface area contributed by atoms with Crippen LogP contribution >= 0.6 is 11.3 Å². The summed E-state index contributed by atoms with van der Waals surface area (Å²) in [6.45, 7) is 3.40. The number of carboxylic acid groups (broad SMARTS) is 1. The molecule has 2 aromatic carbocycles. The lowest BCUT2D eigenvalue weighted by Crippen LogP contribution is -2.21. The lowest BCUT2D eigenvalue weighted by molar-refractivity contribution is -0.192. The molecule has 1 aliphatic rings. The maximum atomic E-state index is 13.5. The molecule has 0 unspecified atom stereocenters. The topological polar surface area (TPSA) is 129 Å². The van der Waals surface area contributed by atoms with Crippen molar-refractivity contribution in [3.8, 4) is 16.5 Å². The van der Waals surface area contributed by atoms with E-state index in [1.165, 1.54) is 25.1 Å². The average Bonchev–Trinajstić information content (AvgIpc) is 3.48. The Balaban J connectivity index is 0.000000591. The number of alkyl halides is 6. The number of aromatic nitrogens is 2. The molecule has 16 heteroatoms. The van der Waals surface area contributed by atoms with Gasteiger partial charge in [-0.25, -0.2) is 9.78 Å². The van der Waals surface area contributed by atoms with Crippen molar-refractivity contribution < 1.29 is 50.5 Å². The number of hydrogen-bond donors (Lipinski definition) is 3. The number of nitrogens with one attached hydrogen (secondary N) is 1. The number of benzene rings is 2. The van der Waals surface area contributed by atoms with E-state index in [1.807, 2.05) is 18.2 Å². The van der Waals surface area contributed by atoms with Gasteiger partial charge in [-0.05, 0) is 57.5 Å². The molecule has 4 N–H and O–H groups in total. The predicted molar refractivity (Wildman–Crippen MR) is 153 cm³/mol. The van der Waals surface area contributed by atoms with Crippen molar-refractivity contribution in [2.24, 2.45) is 5.73 Å². The first kappa shape index (κ1) is 33.6. The molecule has 4 aromatic rings. The minimum Gasteiger partial charge on any atom is -0.490 e. The molecule has 45 heavy (non-hydrogen) atoms. The number of aliphatic carboxylic acids is 1. The highest BCUT2D eigenvalue weighted by atomic mass is 32.1. The van der Waals surface area contributed by atoms with E-state index in [0.717, 1.165) is 60.8 Å². The summed E-state index contributed by atoms with van der Waals surface area (Å²) in [7, 11) is 0. The van der Waals surface area contributed by atoms with E-state index in [9.17, 15) is 31.1 Å². The summed E-state index contributed by atoms with van der Waals surface area (Å²) in [6.07, 6.45) is -5.94. The highest BCUT2D eigenvalue weighted by molar-refractivity contribution is 7.16. The Bertz CT molecular complexity index is 1640. The second kappa shape index (κ2) is 13.8. The number of carboxylic acids is 1. The predicted octanol–water partition coefficient (Wildman–Crippen LogP) is 6.50. The largest absolute Gasteiger partial charge is 0.490 e. The van der Waals surface area contributed by atoms with Crippen molar-refractivity contribution in [1.29, 1.82) is 0 Å². The van der Waals surface area contributed by atoms with E-state index in [4.69, 9.17) is 25.1 Å². The number of primary amides is 1. The van der Waals surface area contributed by atoms with E-state index in [1.54, 1.807) is 17.0 Å². The van der Waals surface area contributed by atoms with E-state index in [-0.39, 0.29) is 22.3 Å². The van der Waals surface area contributed by atoms with E-state index in [0.29, 0.717) is 10.8 Å². The first-order valence-electron chi connectivity index (χ1n) is 13.6. The number of rotatable bonds is 7. The molecule has 242 valence electrons. The Morgan fingerprint density at radius 3 is 2.47 bits per heavy atom. The Hall–Kier alpha value is -4.31. The van der Waals surface area contributed by atoms with Crippen LogP contribution in [-0.2, 0) is 11.0 Å². The fourth-order valence-corrected chi connectivity index (χ4v) is 5.56. The van der Waals surface area contributed by atoms with Crippen LogP contribution < -0.4 is 20.5 Å². The third-order valence-corrected chi connectivity index (χ3v) is 7.87. The first-order valence-corrected chi connectivity index (χ1v) is 14.4. The fourth-order valence-electron chi connectivity index (χ4n) is 4.64. The summed E-state index contributed by atoms with van der Waals surface area (Å²) in [5.74, 6) is -2.66. The van der Waals surface area contributed by atoms with Crippen LogP contribution in [0.2, 0.25) is 0 Å². The molecule has 9 nitrogen and oxygen atoms in total. The normalized spacial score (nSPS) is 16.3. The van der Waals surface area contributed by atoms with Crippen LogP contribution in [0.3, 0.4) is 0 Å². The molecule has 1 fully saturated rings. The highest BCUT2D eigenvalue weighted by Crippen LogP contribution is 2.39. The zero-order valence-electron chi connectivity index (χ0n) is 23.6. The third kappa shape index (κ3) is 8.45. The number of carbonyl (C=O) groups is 2. The molecule has 0 aliphatic carbocycles. The quantitative estimate of drug-likeness (QED) is 0.194. The van der Waals surface area contributed by atoms with Gasteiger partial charge in [-0.1, -0.05) is 18.2 Å². The van der Waals surface area contributed by atoms with Gasteiger partial charge in [0.25, 0.3) is 5.91 Å². The van der Waals surface area contributed by atoms with E-state index in [2.05, 4.69) is 10.3 Å². The van der Waals surface area contributed by atoms with Crippen LogP contribution in [0.1, 0.15) is 53.1 Å². The van der Waals surface area contributed by atoms with Crippen LogP contribution in [0.4, 0.5) is 26.3 Å². The molecule has 0 bridgehead atoms. The van der Waals surface area contributed by atoms with Crippen LogP contribution in [0.25, 0.3) is 16.0 Å². The maximum Gasteiger partial charge on any atom is 0.490 e. The van der Waals surface area contributed by atoms with Gasteiger partial charge in [-0.2, -0.15) is 26.3 Å². The minimum atomic E-state index is -5.08. The van der Waals surface area contributed by atoms with Crippen LogP contribution in [0, 0.1) is 0 Å². The zero-order chi connectivity index (χ0) is 32.9. The fraction of sp³-hybridized carbons (Fsp3) is 0.345. The number of amides is 1. The van der Waals surface area contributed by atoms with Gasteiger partial charge >= 0.3 is 18.3 Å². The summed E-state index contributed by atoms with van der Waals surface area (Å²) in [6, 6.07) is 12.5. The number of nitrogens with two attached hydrogens (primary N) is 1. The van der Waals surface area contributed by atoms with Crippen molar-refractivity contribution >= 4 is 34.2 Å². The number of fused-ring (bicyclic) bond motifs is 1. The van der Waals surface area contributed by atoms with Crippen molar-refractivity contribution in [2.45, 2.75) is 50.7 Å². The van der Waals surface area contributed by atoms with Gasteiger partial charge < -0.3 is 25.6 Å². The molecule has 1 aliphatic heterocycles. The number of hydrogen-bond acceptors (Lipinski definition) is 7. The molecule has 0 saturated carbocycles. The molecule has 1 saturated heterocycles. The number of thiophene rings is 1. The van der Waals surface area contributed by atoms with Gasteiger partial charge in [-0.3, -0.25) is 9.36 Å². The first-order chi connectivity index (χ1) is 21.1. The van der Waals surface area contributed by atoms with Gasteiger partial charge in [0.1, 0.15) is 33.8 Å². The number of nitrogens with zero attached hydrogens (tertiary/aromatic N) is 2. The monoisotopic (exact) mass is 658 g/mol. The van der Waals surface area contributed by atoms with Crippen molar-refractivity contribution in [3.63, 3.8) is 0 Å². The van der Waals surface area contributed by atoms with Crippen molar-refractivity contribution in [3.05, 3.63) is 70.9 Å². The standard InChI is InChI=1S/C27H27F3N4O3S.C2HF3O2/c1-16(19-6-2-3-7-20(19)27(28,29)30)36-23-14-24(38-25(23)26(31)35)34-15-33-21-9-8-18(13-22(21)34)37-17-5-4-11-32-12-10-17;3-2(4,5)1(6)7/h2-3,6-9,13-17,32H,4-5,10-12H2,1H3,(H2,31,35);(H,6,7)/t16-,17+;/m1./s1. The van der Waals surface area contributed by atoms with Crippen LogP contribution in [0.5, 0.6) is 11.5 Å². The molecule has 5 rings (SSSR count). The molecular weight excluding hydrogens is 630 g/mol.